The van der Waals surface area contributed by atoms with E-state index in [0.29, 0.717) is 5.56 Å². The Hall–Kier alpha value is -5.21. The van der Waals surface area contributed by atoms with Gasteiger partial charge in [-0.15, -0.1) is 0 Å². The van der Waals surface area contributed by atoms with E-state index in [1.807, 2.05) is 24.3 Å². The molecule has 1 fully saturated rings. The number of hydrogen-bond acceptors (Lipinski definition) is 3. The van der Waals surface area contributed by atoms with Crippen LogP contribution in [0.1, 0.15) is 55.5 Å². The van der Waals surface area contributed by atoms with Gasteiger partial charge in [0.15, 0.2) is 0 Å². The van der Waals surface area contributed by atoms with Gasteiger partial charge in [-0.25, -0.2) is 0 Å². The van der Waals surface area contributed by atoms with E-state index in [4.69, 9.17) is 9.31 Å². The van der Waals surface area contributed by atoms with Crippen molar-refractivity contribution in [2.75, 3.05) is 0 Å². The molecule has 0 bridgehead atoms. The Bertz CT molecular complexity index is 2130. The quantitative estimate of drug-likeness (QED) is 0.180. The number of hydrogen-bond donors (Lipinski definition) is 0. The third kappa shape index (κ3) is 4.66. The molecule has 0 unspecified atom stereocenters. The Balaban J connectivity index is 1.29. The van der Waals surface area contributed by atoms with Gasteiger partial charge in [-0.3, -0.25) is 0 Å². The first-order chi connectivity index (χ1) is 23.2. The van der Waals surface area contributed by atoms with Gasteiger partial charge in [-0.05, 0) is 113 Å². The molecular formula is C44H36BNO2. The molecule has 0 saturated carbocycles. The molecule has 48 heavy (non-hydrogen) atoms. The monoisotopic (exact) mass is 621 g/mol. The summed E-state index contributed by atoms with van der Waals surface area (Å²) in [6, 6.07) is 54.3. The van der Waals surface area contributed by atoms with Crippen LogP contribution in [0.2, 0.25) is 0 Å². The first-order valence-electron chi connectivity index (χ1n) is 16.6. The first-order valence-corrected chi connectivity index (χ1v) is 16.6. The lowest BCUT2D eigenvalue weighted by atomic mass is 9.67. The van der Waals surface area contributed by atoms with Crippen LogP contribution in [0.5, 0.6) is 0 Å². The largest absolute Gasteiger partial charge is 0.494 e. The van der Waals surface area contributed by atoms with Crippen molar-refractivity contribution in [2.45, 2.75) is 44.3 Å². The third-order valence-electron chi connectivity index (χ3n) is 10.7. The Morgan fingerprint density at radius 2 is 0.917 bits per heavy atom. The summed E-state index contributed by atoms with van der Waals surface area (Å²) in [6.07, 6.45) is 0. The summed E-state index contributed by atoms with van der Waals surface area (Å²) in [5.41, 5.74) is 12.3. The maximum atomic E-state index is 9.39. The molecule has 1 saturated heterocycles. The molecule has 1 aliphatic carbocycles. The minimum Gasteiger partial charge on any atom is -0.399 e. The Morgan fingerprint density at radius 1 is 0.500 bits per heavy atom. The van der Waals surface area contributed by atoms with Crippen LogP contribution in [-0.2, 0) is 14.7 Å². The predicted octanol–water partition coefficient (Wildman–Crippen LogP) is 9.55. The highest BCUT2D eigenvalue weighted by Crippen LogP contribution is 2.57. The molecule has 232 valence electrons. The summed E-state index contributed by atoms with van der Waals surface area (Å²) in [4.78, 5) is 0. The summed E-state index contributed by atoms with van der Waals surface area (Å²) in [5, 5.41) is 9.39. The lowest BCUT2D eigenvalue weighted by Gasteiger charge is -2.34. The normalized spacial score (nSPS) is 16.6. The van der Waals surface area contributed by atoms with Gasteiger partial charge in [0.1, 0.15) is 0 Å². The highest BCUT2D eigenvalue weighted by molar-refractivity contribution is 6.62. The molecule has 0 aromatic heterocycles. The zero-order chi connectivity index (χ0) is 33.1. The van der Waals surface area contributed by atoms with Gasteiger partial charge < -0.3 is 9.31 Å². The number of fused-ring (bicyclic) bond motifs is 3. The average Bonchev–Trinajstić information content (AvgIpc) is 3.54. The fraction of sp³-hybridized carbons (Fsp3) is 0.159. The van der Waals surface area contributed by atoms with Crippen LogP contribution in [0.3, 0.4) is 0 Å². The SMILES string of the molecule is CC1(C)OB(c2ccc(-c3ccc4c(c3)C(c3ccccc3)(c3ccccc3)c3cc(-c5ccc(C#N)cc5)ccc3-4)cc2)OC1(C)C. The van der Waals surface area contributed by atoms with E-state index in [1.165, 1.54) is 33.4 Å². The van der Waals surface area contributed by atoms with E-state index < -0.39 is 12.5 Å². The second kappa shape index (κ2) is 11.2. The van der Waals surface area contributed by atoms with Gasteiger partial charge in [-0.2, -0.15) is 5.26 Å². The summed E-state index contributed by atoms with van der Waals surface area (Å²) in [7, 11) is -0.396. The molecule has 1 aliphatic heterocycles. The summed E-state index contributed by atoms with van der Waals surface area (Å²) < 4.78 is 12.7. The van der Waals surface area contributed by atoms with Crippen molar-refractivity contribution in [3.05, 3.63) is 173 Å². The number of rotatable bonds is 5. The Labute approximate surface area is 283 Å². The van der Waals surface area contributed by atoms with Crippen LogP contribution < -0.4 is 5.46 Å². The van der Waals surface area contributed by atoms with Gasteiger partial charge >= 0.3 is 7.12 Å². The van der Waals surface area contributed by atoms with E-state index in [0.717, 1.165) is 27.7 Å². The molecule has 8 rings (SSSR count). The highest BCUT2D eigenvalue weighted by Gasteiger charge is 2.52. The Kier molecular flexibility index (Phi) is 7.04. The summed E-state index contributed by atoms with van der Waals surface area (Å²) >= 11 is 0. The van der Waals surface area contributed by atoms with Crippen LogP contribution in [0.4, 0.5) is 0 Å². The van der Waals surface area contributed by atoms with Crippen molar-refractivity contribution in [1.29, 1.82) is 5.26 Å². The lowest BCUT2D eigenvalue weighted by Crippen LogP contribution is -2.41. The van der Waals surface area contributed by atoms with Crippen molar-refractivity contribution >= 4 is 12.6 Å². The van der Waals surface area contributed by atoms with Gasteiger partial charge in [0.25, 0.3) is 0 Å². The Morgan fingerprint density at radius 3 is 1.35 bits per heavy atom. The molecule has 0 amide bonds. The standard InChI is InChI=1S/C44H36BNO2/c1-42(2)43(3,4)48-45(47-42)37-23-19-32(20-24-37)34-22-26-39-38-25-21-33(31-17-15-30(29-46)16-18-31)27-40(38)44(41(39)28-34,35-11-7-5-8-12-35)36-13-9-6-10-14-36/h5-28H,1-4H3. The van der Waals surface area contributed by atoms with Crippen molar-refractivity contribution < 1.29 is 9.31 Å². The molecule has 0 N–H and O–H groups in total. The van der Waals surface area contributed by atoms with Crippen molar-refractivity contribution in [1.82, 2.24) is 0 Å². The van der Waals surface area contributed by atoms with E-state index >= 15 is 0 Å². The minimum absolute atomic E-state index is 0.385. The topological polar surface area (TPSA) is 42.2 Å². The fourth-order valence-corrected chi connectivity index (χ4v) is 7.40. The van der Waals surface area contributed by atoms with Crippen LogP contribution in [0, 0.1) is 11.3 Å². The molecule has 0 atom stereocenters. The van der Waals surface area contributed by atoms with E-state index in [9.17, 15) is 5.26 Å². The highest BCUT2D eigenvalue weighted by atomic mass is 16.7. The van der Waals surface area contributed by atoms with Crippen LogP contribution in [0.25, 0.3) is 33.4 Å². The molecule has 2 aliphatic rings. The van der Waals surface area contributed by atoms with E-state index in [-0.39, 0.29) is 11.2 Å². The summed E-state index contributed by atoms with van der Waals surface area (Å²) in [5.74, 6) is 0. The molecule has 0 radical (unpaired) electrons. The van der Waals surface area contributed by atoms with Gasteiger partial charge in [0.05, 0.1) is 28.2 Å². The van der Waals surface area contributed by atoms with Crippen molar-refractivity contribution in [2.24, 2.45) is 0 Å². The van der Waals surface area contributed by atoms with Gasteiger partial charge in [0.2, 0.25) is 0 Å². The lowest BCUT2D eigenvalue weighted by molar-refractivity contribution is 0.00578. The molecular weight excluding hydrogens is 585 g/mol. The molecule has 4 heteroatoms. The van der Waals surface area contributed by atoms with E-state index in [1.54, 1.807) is 0 Å². The second-order valence-electron chi connectivity index (χ2n) is 13.9. The van der Waals surface area contributed by atoms with E-state index in [2.05, 4.69) is 155 Å². The molecule has 3 nitrogen and oxygen atoms in total. The zero-order valence-corrected chi connectivity index (χ0v) is 27.7. The maximum Gasteiger partial charge on any atom is 0.494 e. The number of nitrogens with zero attached hydrogens (tertiary/aromatic N) is 1. The number of nitriles is 1. The predicted molar refractivity (Wildman–Crippen MR) is 195 cm³/mol. The van der Waals surface area contributed by atoms with Gasteiger partial charge in [0, 0.05) is 0 Å². The van der Waals surface area contributed by atoms with Gasteiger partial charge in [-0.1, -0.05) is 121 Å². The average molecular weight is 622 g/mol. The molecule has 6 aromatic rings. The van der Waals surface area contributed by atoms with Crippen LogP contribution in [0.15, 0.2) is 146 Å². The van der Waals surface area contributed by atoms with Crippen molar-refractivity contribution in [3.8, 4) is 39.4 Å². The zero-order valence-electron chi connectivity index (χ0n) is 27.7. The molecule has 0 spiro atoms. The smallest absolute Gasteiger partial charge is 0.399 e. The second-order valence-corrected chi connectivity index (χ2v) is 13.9. The van der Waals surface area contributed by atoms with Crippen LogP contribution in [-0.4, -0.2) is 18.3 Å². The molecule has 6 aromatic carbocycles. The summed E-state index contributed by atoms with van der Waals surface area (Å²) in [6.45, 7) is 8.35. The fourth-order valence-electron chi connectivity index (χ4n) is 7.40. The number of benzene rings is 6. The first kappa shape index (κ1) is 30.1. The molecule has 1 heterocycles. The third-order valence-corrected chi connectivity index (χ3v) is 10.7. The van der Waals surface area contributed by atoms with Crippen molar-refractivity contribution in [3.63, 3.8) is 0 Å². The maximum absolute atomic E-state index is 9.39. The minimum atomic E-state index is -0.533. The van der Waals surface area contributed by atoms with Crippen LogP contribution >= 0.6 is 0 Å².